The molecule has 0 unspecified atom stereocenters. The number of benzene rings is 1. The third-order valence-corrected chi connectivity index (χ3v) is 7.00. The van der Waals surface area contributed by atoms with Crippen LogP contribution in [-0.2, 0) is 17.9 Å². The first-order chi connectivity index (χ1) is 17.2. The molecule has 1 fully saturated rings. The molecule has 1 saturated heterocycles. The summed E-state index contributed by atoms with van der Waals surface area (Å²) in [4.78, 5) is 38.8. The Kier molecular flexibility index (Phi) is 6.21. The number of rotatable bonds is 6. The molecule has 1 amide bonds. The number of primary amides is 1. The van der Waals surface area contributed by atoms with E-state index in [-0.39, 0.29) is 47.4 Å². The lowest BCUT2D eigenvalue weighted by Gasteiger charge is -2.42. The number of likely N-dealkylation sites (tertiary alicyclic amines) is 1. The topological polar surface area (TPSA) is 119 Å². The van der Waals surface area contributed by atoms with Crippen molar-refractivity contribution < 1.29 is 23.1 Å². The predicted molar refractivity (Wildman–Crippen MR) is 125 cm³/mol. The molecule has 2 bridgehead atoms. The third kappa shape index (κ3) is 4.56. The highest BCUT2D eigenvalue weighted by Crippen LogP contribution is 2.37. The average molecular weight is 497 g/mol. The Labute approximate surface area is 204 Å². The van der Waals surface area contributed by atoms with E-state index in [0.29, 0.717) is 19.6 Å². The van der Waals surface area contributed by atoms with Gasteiger partial charge in [-0.2, -0.15) is 0 Å². The van der Waals surface area contributed by atoms with Crippen LogP contribution in [0.1, 0.15) is 47.5 Å². The summed E-state index contributed by atoms with van der Waals surface area (Å²) >= 11 is 0. The largest absolute Gasteiger partial charge is 0.502 e. The molecule has 2 aliphatic rings. The highest BCUT2D eigenvalue weighted by molar-refractivity contribution is 5.75. The van der Waals surface area contributed by atoms with Crippen LogP contribution in [0.15, 0.2) is 56.5 Å². The zero-order chi connectivity index (χ0) is 25.6. The summed E-state index contributed by atoms with van der Waals surface area (Å²) in [6, 6.07) is 9.51. The minimum absolute atomic E-state index is 0.0115. The Bertz CT molecular complexity index is 1450. The number of carbonyl (C=O) groups excluding carboxylic acids is 1. The summed E-state index contributed by atoms with van der Waals surface area (Å²) in [5.41, 5.74) is 5.77. The maximum Gasteiger partial charge on any atom is 0.250 e. The Morgan fingerprint density at radius 3 is 2.67 bits per heavy atom. The van der Waals surface area contributed by atoms with Gasteiger partial charge in [0.25, 0.3) is 5.56 Å². The smallest absolute Gasteiger partial charge is 0.250 e. The summed E-state index contributed by atoms with van der Waals surface area (Å²) in [7, 11) is 0. The van der Waals surface area contributed by atoms with Gasteiger partial charge in [0.1, 0.15) is 5.76 Å². The van der Waals surface area contributed by atoms with Crippen molar-refractivity contribution in [3.05, 3.63) is 97.5 Å². The molecule has 4 heterocycles. The van der Waals surface area contributed by atoms with Gasteiger partial charge in [-0.3, -0.25) is 19.3 Å². The number of fused-ring (bicyclic) bond motifs is 4. The van der Waals surface area contributed by atoms with E-state index in [2.05, 4.69) is 4.90 Å². The van der Waals surface area contributed by atoms with Gasteiger partial charge in [0, 0.05) is 49.8 Å². The normalized spacial score (nSPS) is 20.1. The van der Waals surface area contributed by atoms with Crippen LogP contribution in [0.4, 0.5) is 8.78 Å². The molecule has 188 valence electrons. The van der Waals surface area contributed by atoms with E-state index in [9.17, 15) is 28.3 Å². The van der Waals surface area contributed by atoms with Gasteiger partial charge < -0.3 is 19.8 Å². The molecule has 3 aromatic rings. The van der Waals surface area contributed by atoms with E-state index in [1.165, 1.54) is 12.1 Å². The summed E-state index contributed by atoms with van der Waals surface area (Å²) in [6.07, 6.45) is 0.575. The van der Waals surface area contributed by atoms with Crippen molar-refractivity contribution in [1.29, 1.82) is 0 Å². The van der Waals surface area contributed by atoms with E-state index in [4.69, 9.17) is 10.2 Å². The van der Waals surface area contributed by atoms with E-state index < -0.39 is 34.6 Å². The quantitative estimate of drug-likeness (QED) is 0.540. The number of hydrogen-bond donors (Lipinski definition) is 2. The van der Waals surface area contributed by atoms with Gasteiger partial charge in [0.05, 0.1) is 12.5 Å². The van der Waals surface area contributed by atoms with Gasteiger partial charge >= 0.3 is 0 Å². The van der Waals surface area contributed by atoms with Crippen molar-refractivity contribution in [2.75, 3.05) is 13.1 Å². The van der Waals surface area contributed by atoms with E-state index in [1.54, 1.807) is 12.1 Å². The molecular formula is C26H25F2N3O5. The number of aromatic hydroxyl groups is 1. The molecule has 8 nitrogen and oxygen atoms in total. The minimum atomic E-state index is -1.14. The predicted octanol–water partition coefficient (Wildman–Crippen LogP) is 2.41. The molecule has 0 radical (unpaired) electrons. The first-order valence-corrected chi connectivity index (χ1v) is 11.7. The zero-order valence-corrected chi connectivity index (χ0v) is 19.3. The van der Waals surface area contributed by atoms with E-state index in [1.807, 2.05) is 10.6 Å². The van der Waals surface area contributed by atoms with Crippen molar-refractivity contribution in [2.24, 2.45) is 11.7 Å². The number of carbonyl (C=O) groups is 1. The number of nitrogens with zero attached hydrogens (tertiary/aromatic N) is 2. The molecule has 5 rings (SSSR count). The molecule has 3 N–H and O–H groups in total. The zero-order valence-electron chi connectivity index (χ0n) is 19.3. The Morgan fingerprint density at radius 2 is 1.92 bits per heavy atom. The van der Waals surface area contributed by atoms with Gasteiger partial charge in [-0.25, -0.2) is 8.78 Å². The van der Waals surface area contributed by atoms with Crippen molar-refractivity contribution in [2.45, 2.75) is 37.8 Å². The van der Waals surface area contributed by atoms with E-state index in [0.717, 1.165) is 24.2 Å². The fourth-order valence-electron chi connectivity index (χ4n) is 5.51. The molecule has 0 spiro atoms. The summed E-state index contributed by atoms with van der Waals surface area (Å²) in [5.74, 6) is -4.33. The SMILES string of the molecule is NC(=O)C[C@@H](c1ccc(F)c(F)c1)c1oc(CN2C[C@H]3C[C@@H](C2)c2cccc(=O)n2C3)cc(=O)c1O. The van der Waals surface area contributed by atoms with Gasteiger partial charge in [-0.15, -0.1) is 0 Å². The van der Waals surface area contributed by atoms with E-state index >= 15 is 0 Å². The highest BCUT2D eigenvalue weighted by atomic mass is 19.2. The lowest BCUT2D eigenvalue weighted by Crippen LogP contribution is -2.46. The van der Waals surface area contributed by atoms with Crippen LogP contribution in [0.25, 0.3) is 0 Å². The monoisotopic (exact) mass is 497 g/mol. The molecule has 0 saturated carbocycles. The van der Waals surface area contributed by atoms with Crippen LogP contribution in [0.5, 0.6) is 5.75 Å². The number of piperidine rings is 1. The first-order valence-electron chi connectivity index (χ1n) is 11.7. The number of halogens is 2. The molecule has 10 heteroatoms. The lowest BCUT2D eigenvalue weighted by atomic mass is 9.83. The molecular weight excluding hydrogens is 472 g/mol. The fraction of sp³-hybridized carbons (Fsp3) is 0.346. The first kappa shape index (κ1) is 23.9. The van der Waals surface area contributed by atoms with Crippen molar-refractivity contribution >= 4 is 5.91 Å². The van der Waals surface area contributed by atoms with Crippen LogP contribution < -0.4 is 16.7 Å². The lowest BCUT2D eigenvalue weighted by molar-refractivity contribution is -0.118. The Balaban J connectivity index is 1.46. The summed E-state index contributed by atoms with van der Waals surface area (Å²) in [6.45, 7) is 2.20. The van der Waals surface area contributed by atoms with Crippen LogP contribution >= 0.6 is 0 Å². The Hall–Kier alpha value is -3.79. The number of amides is 1. The second-order valence-electron chi connectivity index (χ2n) is 9.58. The van der Waals surface area contributed by atoms with Gasteiger partial charge in [0.15, 0.2) is 17.4 Å². The van der Waals surface area contributed by atoms with Crippen LogP contribution in [0, 0.1) is 17.6 Å². The third-order valence-electron chi connectivity index (χ3n) is 7.00. The van der Waals surface area contributed by atoms with Gasteiger partial charge in [0.2, 0.25) is 17.1 Å². The highest BCUT2D eigenvalue weighted by Gasteiger charge is 2.35. The van der Waals surface area contributed by atoms with Crippen LogP contribution in [0.3, 0.4) is 0 Å². The molecule has 0 aliphatic carbocycles. The number of aromatic nitrogens is 1. The second-order valence-corrected chi connectivity index (χ2v) is 9.58. The van der Waals surface area contributed by atoms with Crippen LogP contribution in [-0.4, -0.2) is 33.6 Å². The molecule has 2 aromatic heterocycles. The fourth-order valence-corrected chi connectivity index (χ4v) is 5.51. The minimum Gasteiger partial charge on any atom is -0.502 e. The van der Waals surface area contributed by atoms with Crippen molar-refractivity contribution in [3.63, 3.8) is 0 Å². The summed E-state index contributed by atoms with van der Waals surface area (Å²) in [5, 5.41) is 10.5. The summed E-state index contributed by atoms with van der Waals surface area (Å²) < 4.78 is 35.2. The maximum absolute atomic E-state index is 13.9. The standard InChI is InChI=1S/C26H25F2N3O5/c27-19-5-4-15(7-20(19)28)18(9-23(29)33)26-25(35)22(32)8-17(36-26)13-30-10-14-6-16(12-30)21-2-1-3-24(34)31(21)11-14/h1-5,7-8,14,16,18,35H,6,9-13H2,(H2,29,33)/t14-,16+,18+/m1/s1. The molecule has 1 aromatic carbocycles. The Morgan fingerprint density at radius 1 is 1.11 bits per heavy atom. The van der Waals surface area contributed by atoms with Gasteiger partial charge in [-0.05, 0) is 36.1 Å². The molecule has 2 aliphatic heterocycles. The van der Waals surface area contributed by atoms with Crippen LogP contribution in [0.2, 0.25) is 0 Å². The van der Waals surface area contributed by atoms with Gasteiger partial charge in [-0.1, -0.05) is 12.1 Å². The number of pyridine rings is 1. The number of nitrogens with two attached hydrogens (primary N) is 1. The van der Waals surface area contributed by atoms with Crippen molar-refractivity contribution in [3.8, 4) is 5.75 Å². The molecule has 36 heavy (non-hydrogen) atoms. The van der Waals surface area contributed by atoms with Crippen molar-refractivity contribution in [1.82, 2.24) is 9.47 Å². The average Bonchev–Trinajstić information content (AvgIpc) is 2.82. The maximum atomic E-state index is 13.9. The number of hydrogen-bond acceptors (Lipinski definition) is 6. The second kappa shape index (κ2) is 9.34. The molecule has 3 atom stereocenters.